The van der Waals surface area contributed by atoms with E-state index in [-0.39, 0.29) is 28.4 Å². The number of fused-ring (bicyclic) bond motifs is 7. The quantitative estimate of drug-likeness (QED) is 0.144. The number of nitriles is 3. The Morgan fingerprint density at radius 1 is 0.650 bits per heavy atom. The summed E-state index contributed by atoms with van der Waals surface area (Å²) in [6, 6.07) is 30.2. The molecule has 8 nitrogen and oxygen atoms in total. The van der Waals surface area contributed by atoms with Gasteiger partial charge in [-0.1, -0.05) is 60.7 Å². The fourth-order valence-electron chi connectivity index (χ4n) is 5.33. The maximum absolute atomic E-state index is 9.87. The van der Waals surface area contributed by atoms with Crippen LogP contribution in [0.2, 0.25) is 0 Å². The SMILES string of the molecule is [C-]#[N+]/C(C#N)=C1\c2cc(-c3cc4ccccc4c4ccccc34)ccc2-c2nc3nc(C#N)c(C#N)nc3nc21. The lowest BCUT2D eigenvalue weighted by molar-refractivity contribution is 1.11. The highest BCUT2D eigenvalue weighted by molar-refractivity contribution is 6.14. The minimum absolute atomic E-state index is 0.0580. The molecule has 4 aromatic carbocycles. The zero-order valence-electron chi connectivity index (χ0n) is 20.5. The van der Waals surface area contributed by atoms with Gasteiger partial charge in [-0.25, -0.2) is 30.0 Å². The first kappa shape index (κ1) is 22.7. The standard InChI is InChI=1S/C32H12N8/c1-36-27(16-35)28-24-13-18(23-12-17-6-2-3-7-19(17)20-8-4-5-9-21(20)23)10-11-22(24)29-30(28)40-32-31(39-29)37-25(14-33)26(15-34)38-32/h2-13H/b28-27+. The van der Waals surface area contributed by atoms with E-state index in [2.05, 4.69) is 55.1 Å². The molecule has 0 bridgehead atoms. The molecule has 0 fully saturated rings. The van der Waals surface area contributed by atoms with Crippen LogP contribution in [0.25, 0.3) is 65.6 Å². The molecule has 1 aliphatic carbocycles. The second kappa shape index (κ2) is 8.54. The number of benzene rings is 4. The van der Waals surface area contributed by atoms with Crippen molar-refractivity contribution in [2.75, 3.05) is 0 Å². The molecule has 2 aromatic heterocycles. The van der Waals surface area contributed by atoms with Crippen molar-refractivity contribution >= 4 is 38.4 Å². The van der Waals surface area contributed by atoms with Crippen molar-refractivity contribution in [1.82, 2.24) is 19.9 Å². The van der Waals surface area contributed by atoms with Crippen LogP contribution in [0.3, 0.4) is 0 Å². The maximum Gasteiger partial charge on any atom is 0.271 e. The van der Waals surface area contributed by atoms with E-state index in [1.54, 1.807) is 0 Å². The van der Waals surface area contributed by atoms with E-state index < -0.39 is 0 Å². The molecule has 0 saturated carbocycles. The number of hydrogen-bond acceptors (Lipinski definition) is 7. The third-order valence-corrected chi connectivity index (χ3v) is 7.05. The fourth-order valence-corrected chi connectivity index (χ4v) is 5.33. The summed E-state index contributed by atoms with van der Waals surface area (Å²) in [7, 11) is 0. The van der Waals surface area contributed by atoms with E-state index in [4.69, 9.17) is 6.57 Å². The Kier molecular flexibility index (Phi) is 4.84. The minimum Gasteiger partial charge on any atom is -0.226 e. The highest BCUT2D eigenvalue weighted by Crippen LogP contribution is 2.46. The largest absolute Gasteiger partial charge is 0.271 e. The summed E-state index contributed by atoms with van der Waals surface area (Å²) in [6.45, 7) is 7.69. The molecule has 40 heavy (non-hydrogen) atoms. The lowest BCUT2D eigenvalue weighted by Crippen LogP contribution is -2.02. The first-order valence-corrected chi connectivity index (χ1v) is 12.1. The molecule has 0 spiro atoms. The molecule has 180 valence electrons. The Balaban J connectivity index is 1.53. The molecule has 2 heterocycles. The van der Waals surface area contributed by atoms with Crippen LogP contribution in [0.1, 0.15) is 22.6 Å². The topological polar surface area (TPSA) is 127 Å². The van der Waals surface area contributed by atoms with Gasteiger partial charge in [0.15, 0.2) is 22.7 Å². The fraction of sp³-hybridized carbons (Fsp3) is 0. The molecule has 0 unspecified atom stereocenters. The zero-order chi connectivity index (χ0) is 27.4. The molecule has 7 rings (SSSR count). The van der Waals surface area contributed by atoms with Crippen molar-refractivity contribution in [3.05, 3.63) is 113 Å². The summed E-state index contributed by atoms with van der Waals surface area (Å²) in [5.41, 5.74) is 4.10. The van der Waals surface area contributed by atoms with Gasteiger partial charge in [-0.05, 0) is 50.4 Å². The number of hydrogen-bond donors (Lipinski definition) is 0. The number of rotatable bonds is 1. The molecule has 0 radical (unpaired) electrons. The third-order valence-electron chi connectivity index (χ3n) is 7.05. The van der Waals surface area contributed by atoms with Crippen molar-refractivity contribution in [1.29, 1.82) is 15.8 Å². The number of nitrogens with zero attached hydrogens (tertiary/aromatic N) is 8. The molecular formula is C32H12N8. The van der Waals surface area contributed by atoms with E-state index in [0.29, 0.717) is 28.1 Å². The van der Waals surface area contributed by atoms with Crippen LogP contribution in [0.5, 0.6) is 0 Å². The van der Waals surface area contributed by atoms with Crippen LogP contribution >= 0.6 is 0 Å². The minimum atomic E-state index is -0.165. The molecule has 1 aliphatic rings. The maximum atomic E-state index is 9.87. The lowest BCUT2D eigenvalue weighted by atomic mass is 9.91. The molecule has 0 atom stereocenters. The molecule has 0 N–H and O–H groups in total. The summed E-state index contributed by atoms with van der Waals surface area (Å²) < 4.78 is 0. The molecule has 0 saturated heterocycles. The highest BCUT2D eigenvalue weighted by Gasteiger charge is 2.31. The van der Waals surface area contributed by atoms with E-state index in [0.717, 1.165) is 32.7 Å². The molecular weight excluding hydrogens is 496 g/mol. The van der Waals surface area contributed by atoms with Crippen molar-refractivity contribution in [2.45, 2.75) is 0 Å². The van der Waals surface area contributed by atoms with Crippen molar-refractivity contribution < 1.29 is 0 Å². The van der Waals surface area contributed by atoms with Crippen LogP contribution in [-0.4, -0.2) is 19.9 Å². The first-order chi connectivity index (χ1) is 19.6. The van der Waals surface area contributed by atoms with Crippen molar-refractivity contribution in [2.24, 2.45) is 0 Å². The van der Waals surface area contributed by atoms with E-state index >= 15 is 0 Å². The van der Waals surface area contributed by atoms with Gasteiger partial charge in [-0.15, -0.1) is 0 Å². The van der Waals surface area contributed by atoms with Crippen LogP contribution in [0, 0.1) is 40.6 Å². The van der Waals surface area contributed by atoms with Gasteiger partial charge in [-0.2, -0.15) is 10.5 Å². The Bertz CT molecular complexity index is 2310. The van der Waals surface area contributed by atoms with Crippen LogP contribution in [0.15, 0.2) is 78.5 Å². The predicted molar refractivity (Wildman–Crippen MR) is 149 cm³/mol. The Hall–Kier alpha value is -6.48. The van der Waals surface area contributed by atoms with Gasteiger partial charge >= 0.3 is 0 Å². The second-order valence-electron chi connectivity index (χ2n) is 9.11. The molecule has 0 amide bonds. The monoisotopic (exact) mass is 508 g/mol. The van der Waals surface area contributed by atoms with Gasteiger partial charge in [-0.3, -0.25) is 0 Å². The average molecular weight is 509 g/mol. The van der Waals surface area contributed by atoms with Gasteiger partial charge < -0.3 is 0 Å². The zero-order valence-corrected chi connectivity index (χ0v) is 20.5. The van der Waals surface area contributed by atoms with E-state index in [1.807, 2.05) is 60.7 Å². The van der Waals surface area contributed by atoms with Gasteiger partial charge in [0.1, 0.15) is 12.1 Å². The van der Waals surface area contributed by atoms with Gasteiger partial charge in [0.2, 0.25) is 0 Å². The smallest absolute Gasteiger partial charge is 0.226 e. The van der Waals surface area contributed by atoms with Crippen LogP contribution in [-0.2, 0) is 0 Å². The predicted octanol–water partition coefficient (Wildman–Crippen LogP) is 6.32. The van der Waals surface area contributed by atoms with Gasteiger partial charge in [0, 0.05) is 11.1 Å². The summed E-state index contributed by atoms with van der Waals surface area (Å²) in [6.07, 6.45) is 0. The Morgan fingerprint density at radius 2 is 1.30 bits per heavy atom. The normalized spacial score (nSPS) is 12.7. The third kappa shape index (κ3) is 3.15. The van der Waals surface area contributed by atoms with Crippen molar-refractivity contribution in [3.8, 4) is 40.6 Å². The van der Waals surface area contributed by atoms with E-state index in [1.165, 1.54) is 0 Å². The summed E-state index contributed by atoms with van der Waals surface area (Å²) in [4.78, 5) is 21.1. The van der Waals surface area contributed by atoms with Crippen LogP contribution in [0.4, 0.5) is 0 Å². The first-order valence-electron chi connectivity index (χ1n) is 12.1. The Morgan fingerprint density at radius 3 is 1.98 bits per heavy atom. The van der Waals surface area contributed by atoms with E-state index in [9.17, 15) is 15.8 Å². The second-order valence-corrected chi connectivity index (χ2v) is 9.11. The molecule has 8 heteroatoms. The molecule has 6 aromatic rings. The summed E-state index contributed by atoms with van der Waals surface area (Å²) in [5, 5.41) is 33.1. The number of aromatic nitrogens is 4. The summed E-state index contributed by atoms with van der Waals surface area (Å²) in [5.74, 6) is 0. The Labute approximate surface area is 227 Å². The number of allylic oxidation sites excluding steroid dienone is 1. The highest BCUT2D eigenvalue weighted by atomic mass is 15.0. The summed E-state index contributed by atoms with van der Waals surface area (Å²) >= 11 is 0. The lowest BCUT2D eigenvalue weighted by Gasteiger charge is -2.12. The van der Waals surface area contributed by atoms with Gasteiger partial charge in [0.25, 0.3) is 5.70 Å². The van der Waals surface area contributed by atoms with Crippen LogP contribution < -0.4 is 0 Å². The molecule has 0 aliphatic heterocycles. The average Bonchev–Trinajstić information content (AvgIpc) is 3.31. The van der Waals surface area contributed by atoms with Crippen molar-refractivity contribution in [3.63, 3.8) is 0 Å². The van der Waals surface area contributed by atoms with Gasteiger partial charge in [0.05, 0.1) is 24.0 Å².